The van der Waals surface area contributed by atoms with Gasteiger partial charge in [0.1, 0.15) is 41.0 Å². The number of methoxy groups -OCH3 is 3. The molecular formula is C54H60N7O9P. The highest BCUT2D eigenvalue weighted by atomic mass is 31.2. The maximum absolute atomic E-state index is 12.9. The van der Waals surface area contributed by atoms with Crippen molar-refractivity contribution in [3.8, 4) is 35.2 Å². The molecule has 7 rings (SSSR count). The van der Waals surface area contributed by atoms with E-state index in [0.29, 0.717) is 50.9 Å². The van der Waals surface area contributed by atoms with Gasteiger partial charge in [-0.1, -0.05) is 60.5 Å². The molecule has 1 fully saturated rings. The Morgan fingerprint density at radius 3 is 2.04 bits per heavy atom. The van der Waals surface area contributed by atoms with Crippen LogP contribution in [0.5, 0.6) is 17.2 Å². The number of hydrogen-bond donors (Lipinski definition) is 1. The van der Waals surface area contributed by atoms with Gasteiger partial charge in [0, 0.05) is 24.2 Å². The zero-order chi connectivity index (χ0) is 50.5. The van der Waals surface area contributed by atoms with Gasteiger partial charge in [0.2, 0.25) is 0 Å². The second kappa shape index (κ2) is 24.3. The van der Waals surface area contributed by atoms with Crippen molar-refractivity contribution in [1.82, 2.24) is 24.4 Å². The predicted octanol–water partition coefficient (Wildman–Crippen LogP) is 9.34. The van der Waals surface area contributed by atoms with E-state index in [2.05, 4.69) is 55.3 Å². The molecule has 2 N–H and O–H groups in total. The molecule has 4 aromatic carbocycles. The first-order valence-electron chi connectivity index (χ1n) is 23.3. The summed E-state index contributed by atoms with van der Waals surface area (Å²) in [5, 5.41) is 15.1. The minimum atomic E-state index is -1.73. The molecule has 6 aromatic rings. The number of benzene rings is 4. The van der Waals surface area contributed by atoms with Crippen molar-refractivity contribution in [3.63, 3.8) is 0 Å². The molecule has 2 unspecified atom stereocenters. The van der Waals surface area contributed by atoms with Crippen molar-refractivity contribution in [1.29, 1.82) is 5.26 Å². The lowest BCUT2D eigenvalue weighted by Gasteiger charge is -2.39. The van der Waals surface area contributed by atoms with Gasteiger partial charge in [-0.3, -0.25) is 0 Å². The lowest BCUT2D eigenvalue weighted by atomic mass is 9.80. The number of nitrogens with zero attached hydrogens (tertiary/aromatic N) is 6. The van der Waals surface area contributed by atoms with E-state index in [4.69, 9.17) is 53.3 Å². The van der Waals surface area contributed by atoms with Crippen LogP contribution in [0.4, 0.5) is 0 Å². The van der Waals surface area contributed by atoms with Crippen LogP contribution >= 0.6 is 8.53 Å². The van der Waals surface area contributed by atoms with Crippen molar-refractivity contribution in [3.05, 3.63) is 149 Å². The molecule has 2 aromatic heterocycles. The second-order valence-corrected chi connectivity index (χ2v) is 18.5. The molecule has 370 valence electrons. The molecule has 0 saturated carbocycles. The van der Waals surface area contributed by atoms with Crippen LogP contribution in [0.2, 0.25) is 0 Å². The van der Waals surface area contributed by atoms with E-state index in [1.807, 2.05) is 78.9 Å². The number of nitrogens with two attached hydrogens (primary N) is 1. The molecule has 0 aliphatic carbocycles. The minimum absolute atomic E-state index is 0.0274. The standard InChI is InChI=1S/C54H60N7O9P/c1-36(2)61(37(3)4)71(68-31-13-29-55)70-48-33-50(60-52-51(47(32-38(5)56)57-35-58-52)46(59-60)16-12-30-66-53(62)39-17-23-43(63-6)24-18-39)69-49(48)34-67-54(40-14-10-9-11-15-40,41-19-25-44(64-7)26-20-41)42-21-27-45(65-8)28-22-42/h9-11,14-15,17-28,32,35-37,48-50H,13,30-31,33-34,56H2,1-8H3/t48?,49-,50-,71?/m1/s1. The third-order valence-corrected chi connectivity index (χ3v) is 13.8. The first-order chi connectivity index (χ1) is 34.4. The van der Waals surface area contributed by atoms with Gasteiger partial charge in [-0.05, 0) is 112 Å². The number of hydrogen-bond acceptors (Lipinski definition) is 15. The lowest BCUT2D eigenvalue weighted by Crippen LogP contribution is -2.39. The van der Waals surface area contributed by atoms with E-state index < -0.39 is 38.5 Å². The number of ether oxygens (including phenoxy) is 6. The summed E-state index contributed by atoms with van der Waals surface area (Å²) in [6.07, 6.45) is 1.53. The number of aromatic nitrogens is 4. The summed E-state index contributed by atoms with van der Waals surface area (Å²) in [5.41, 5.74) is 9.72. The van der Waals surface area contributed by atoms with Gasteiger partial charge in [-0.25, -0.2) is 24.1 Å². The molecular weight excluding hydrogens is 922 g/mol. The first-order valence-corrected chi connectivity index (χ1v) is 24.4. The van der Waals surface area contributed by atoms with Gasteiger partial charge in [0.15, 0.2) is 18.5 Å². The summed E-state index contributed by atoms with van der Waals surface area (Å²) < 4.78 is 53.9. The number of nitriles is 1. The van der Waals surface area contributed by atoms with E-state index in [1.54, 1.807) is 63.3 Å². The second-order valence-electron chi connectivity index (χ2n) is 17.1. The maximum atomic E-state index is 12.9. The van der Waals surface area contributed by atoms with Crippen LogP contribution in [-0.2, 0) is 28.9 Å². The van der Waals surface area contributed by atoms with Crippen LogP contribution < -0.4 is 19.9 Å². The molecule has 1 aliphatic heterocycles. The largest absolute Gasteiger partial charge is 0.497 e. The van der Waals surface area contributed by atoms with Crippen molar-refractivity contribution in [2.24, 2.45) is 5.73 Å². The quantitative estimate of drug-likeness (QED) is 0.0236. The molecule has 3 heterocycles. The van der Waals surface area contributed by atoms with Gasteiger partial charge >= 0.3 is 5.97 Å². The van der Waals surface area contributed by atoms with Crippen molar-refractivity contribution in [2.45, 2.75) is 83.6 Å². The number of rotatable bonds is 21. The monoisotopic (exact) mass is 981 g/mol. The Morgan fingerprint density at radius 2 is 1.48 bits per heavy atom. The predicted molar refractivity (Wildman–Crippen MR) is 270 cm³/mol. The number of carbonyl (C=O) groups is 1. The fourth-order valence-electron chi connectivity index (χ4n) is 8.44. The average Bonchev–Trinajstić information content (AvgIpc) is 3.96. The van der Waals surface area contributed by atoms with Crippen LogP contribution in [0.15, 0.2) is 115 Å². The van der Waals surface area contributed by atoms with Crippen LogP contribution in [0, 0.1) is 23.2 Å². The highest BCUT2D eigenvalue weighted by molar-refractivity contribution is 7.44. The zero-order valence-corrected chi connectivity index (χ0v) is 42.2. The molecule has 17 heteroatoms. The normalized spacial score (nSPS) is 16.4. The van der Waals surface area contributed by atoms with Crippen LogP contribution in [0.1, 0.15) is 92.1 Å². The Balaban J connectivity index is 1.31. The van der Waals surface area contributed by atoms with Crippen molar-refractivity contribution >= 4 is 31.6 Å². The van der Waals surface area contributed by atoms with Crippen LogP contribution in [0.25, 0.3) is 17.1 Å². The highest BCUT2D eigenvalue weighted by Crippen LogP contribution is 2.51. The van der Waals surface area contributed by atoms with E-state index in [0.717, 1.165) is 16.7 Å². The molecule has 0 amide bonds. The molecule has 1 aliphatic rings. The van der Waals surface area contributed by atoms with E-state index >= 15 is 0 Å². The van der Waals surface area contributed by atoms with Crippen molar-refractivity contribution < 1.29 is 42.3 Å². The number of esters is 1. The zero-order valence-electron chi connectivity index (χ0n) is 41.3. The highest BCUT2D eigenvalue weighted by Gasteiger charge is 2.45. The summed E-state index contributed by atoms with van der Waals surface area (Å²) in [7, 11) is 3.09. The molecule has 16 nitrogen and oxygen atoms in total. The fourth-order valence-corrected chi connectivity index (χ4v) is 10.2. The van der Waals surface area contributed by atoms with Gasteiger partial charge in [0.25, 0.3) is 8.53 Å². The van der Waals surface area contributed by atoms with Crippen molar-refractivity contribution in [2.75, 3.05) is 41.2 Å². The van der Waals surface area contributed by atoms with Gasteiger partial charge in [-0.2, -0.15) is 10.4 Å². The lowest BCUT2D eigenvalue weighted by molar-refractivity contribution is -0.0931. The topological polar surface area (TPSA) is 188 Å². The smallest absolute Gasteiger partial charge is 0.339 e. The molecule has 0 bridgehead atoms. The number of carbonyl (C=O) groups excluding carboxylic acids is 1. The van der Waals surface area contributed by atoms with E-state index in [-0.39, 0.29) is 44.7 Å². The van der Waals surface area contributed by atoms with E-state index in [9.17, 15) is 10.1 Å². The summed E-state index contributed by atoms with van der Waals surface area (Å²) in [6.45, 7) is 10.1. The fraction of sp³-hybridized carbons (Fsp3) is 0.352. The molecule has 0 radical (unpaired) electrons. The molecule has 0 spiro atoms. The third-order valence-electron chi connectivity index (χ3n) is 11.7. The number of allylic oxidation sites excluding steroid dienone is 1. The van der Waals surface area contributed by atoms with Gasteiger partial charge in [0.05, 0.1) is 69.8 Å². The number of fused-ring (bicyclic) bond motifs is 1. The molecule has 4 atom stereocenters. The van der Waals surface area contributed by atoms with Gasteiger partial charge in [-0.15, -0.1) is 0 Å². The van der Waals surface area contributed by atoms with Gasteiger partial charge < -0.3 is 43.2 Å². The summed E-state index contributed by atoms with van der Waals surface area (Å²) in [5.74, 6) is 7.52. The summed E-state index contributed by atoms with van der Waals surface area (Å²) in [6, 6.07) is 34.6. The Hall–Kier alpha value is -6.88. The summed E-state index contributed by atoms with van der Waals surface area (Å²) >= 11 is 0. The maximum Gasteiger partial charge on any atom is 0.339 e. The Kier molecular flexibility index (Phi) is 17.8. The first kappa shape index (κ1) is 52.0. The Morgan fingerprint density at radius 1 is 0.887 bits per heavy atom. The molecule has 71 heavy (non-hydrogen) atoms. The van der Waals surface area contributed by atoms with Crippen LogP contribution in [-0.4, -0.2) is 95.8 Å². The Bertz CT molecular complexity index is 2780. The molecule has 1 saturated heterocycles. The Labute approximate surface area is 416 Å². The van der Waals surface area contributed by atoms with Crippen LogP contribution in [0.3, 0.4) is 0 Å². The third kappa shape index (κ3) is 12.2. The average molecular weight is 982 g/mol. The minimum Gasteiger partial charge on any atom is -0.497 e. The summed E-state index contributed by atoms with van der Waals surface area (Å²) in [4.78, 5) is 22.2. The SMILES string of the molecule is COc1ccc(C(=O)OCC#Cc2nn([C@H]3CC(OP(OCCC#N)N(C(C)C)C(C)C)[C@@H](COC(c4ccccc4)(c4ccc(OC)cc4)c4ccc(OC)cc4)O3)c3ncnc(C=C(C)N)c23)cc1. The van der Waals surface area contributed by atoms with E-state index in [1.165, 1.54) is 6.33 Å².